The molecule has 0 aromatic heterocycles. The summed E-state index contributed by atoms with van der Waals surface area (Å²) in [7, 11) is 0. The van der Waals surface area contributed by atoms with Crippen LogP contribution in [0.5, 0.6) is 0 Å². The SMILES string of the molecule is CC(C)(C)OC(=O)C1CC(CO)([N+](=O)[O-])C1. The first-order chi connectivity index (χ1) is 7.20. The van der Waals surface area contributed by atoms with Gasteiger partial charge in [-0.3, -0.25) is 14.9 Å². The monoisotopic (exact) mass is 231 g/mol. The molecule has 0 heterocycles. The third-order valence-electron chi connectivity index (χ3n) is 2.67. The van der Waals surface area contributed by atoms with Gasteiger partial charge in [0, 0.05) is 17.8 Å². The predicted molar refractivity (Wildman–Crippen MR) is 55.4 cm³/mol. The number of hydrogen-bond donors (Lipinski definition) is 1. The quantitative estimate of drug-likeness (QED) is 0.439. The largest absolute Gasteiger partial charge is 0.460 e. The maximum absolute atomic E-state index is 11.5. The van der Waals surface area contributed by atoms with Gasteiger partial charge in [0.15, 0.2) is 0 Å². The standard InChI is InChI=1S/C10H17NO5/c1-9(2,3)16-8(13)7-4-10(5-7,6-12)11(14)15/h7,12H,4-6H2,1-3H3. The van der Waals surface area contributed by atoms with E-state index in [1.807, 2.05) is 0 Å². The summed E-state index contributed by atoms with van der Waals surface area (Å²) in [5.74, 6) is -0.879. The van der Waals surface area contributed by atoms with Gasteiger partial charge in [-0.2, -0.15) is 0 Å². The summed E-state index contributed by atoms with van der Waals surface area (Å²) in [6.45, 7) is 4.71. The lowest BCUT2D eigenvalue weighted by atomic mass is 9.69. The zero-order valence-corrected chi connectivity index (χ0v) is 9.73. The topological polar surface area (TPSA) is 89.7 Å². The van der Waals surface area contributed by atoms with Crippen molar-refractivity contribution in [1.82, 2.24) is 0 Å². The molecule has 0 aromatic rings. The first-order valence-electron chi connectivity index (χ1n) is 5.18. The van der Waals surface area contributed by atoms with Crippen molar-refractivity contribution in [2.24, 2.45) is 5.92 Å². The minimum Gasteiger partial charge on any atom is -0.460 e. The van der Waals surface area contributed by atoms with Gasteiger partial charge in [-0.05, 0) is 20.8 Å². The highest BCUT2D eigenvalue weighted by Crippen LogP contribution is 2.41. The Kier molecular flexibility index (Phi) is 3.23. The molecule has 1 fully saturated rings. The van der Waals surface area contributed by atoms with Crippen molar-refractivity contribution in [3.05, 3.63) is 10.1 Å². The van der Waals surface area contributed by atoms with E-state index >= 15 is 0 Å². The Hall–Kier alpha value is -1.17. The first kappa shape index (κ1) is 12.9. The maximum Gasteiger partial charge on any atom is 0.310 e. The van der Waals surface area contributed by atoms with Gasteiger partial charge in [0.1, 0.15) is 12.2 Å². The minimum atomic E-state index is -1.33. The van der Waals surface area contributed by atoms with Crippen LogP contribution in [0.2, 0.25) is 0 Å². The smallest absolute Gasteiger partial charge is 0.310 e. The van der Waals surface area contributed by atoms with E-state index in [4.69, 9.17) is 9.84 Å². The Balaban J connectivity index is 2.52. The lowest BCUT2D eigenvalue weighted by Crippen LogP contribution is -2.56. The van der Waals surface area contributed by atoms with Crippen molar-refractivity contribution < 1.29 is 19.6 Å². The molecule has 0 saturated heterocycles. The van der Waals surface area contributed by atoms with Crippen LogP contribution in [-0.4, -0.2) is 33.7 Å². The molecule has 0 bridgehead atoms. The Morgan fingerprint density at radius 2 is 2.06 bits per heavy atom. The summed E-state index contributed by atoms with van der Waals surface area (Å²) in [6.07, 6.45) is 0.122. The van der Waals surface area contributed by atoms with Gasteiger partial charge in [-0.25, -0.2) is 0 Å². The molecule has 6 nitrogen and oxygen atoms in total. The second-order valence-corrected chi connectivity index (χ2v) is 5.28. The number of rotatable bonds is 3. The van der Waals surface area contributed by atoms with Crippen LogP contribution >= 0.6 is 0 Å². The van der Waals surface area contributed by atoms with E-state index < -0.39 is 34.6 Å². The fraction of sp³-hybridized carbons (Fsp3) is 0.900. The lowest BCUT2D eigenvalue weighted by Gasteiger charge is -2.38. The van der Waals surface area contributed by atoms with E-state index in [1.54, 1.807) is 20.8 Å². The summed E-state index contributed by atoms with van der Waals surface area (Å²) in [5.41, 5.74) is -1.91. The molecule has 1 aliphatic carbocycles. The van der Waals surface area contributed by atoms with Gasteiger partial charge in [0.25, 0.3) is 0 Å². The normalized spacial score (nSPS) is 29.4. The molecule has 0 radical (unpaired) electrons. The summed E-state index contributed by atoms with van der Waals surface area (Å²) >= 11 is 0. The Labute approximate surface area is 93.7 Å². The average molecular weight is 231 g/mol. The number of esters is 1. The molecule has 0 atom stereocenters. The number of aliphatic hydroxyl groups excluding tert-OH is 1. The fourth-order valence-electron chi connectivity index (χ4n) is 1.75. The molecule has 0 aliphatic heterocycles. The molecule has 92 valence electrons. The summed E-state index contributed by atoms with van der Waals surface area (Å²) in [4.78, 5) is 21.7. The second-order valence-electron chi connectivity index (χ2n) is 5.28. The molecular weight excluding hydrogens is 214 g/mol. The summed E-state index contributed by atoms with van der Waals surface area (Å²) < 4.78 is 5.12. The molecule has 16 heavy (non-hydrogen) atoms. The maximum atomic E-state index is 11.5. The number of carbonyl (C=O) groups is 1. The van der Waals surface area contributed by atoms with Gasteiger partial charge < -0.3 is 9.84 Å². The van der Waals surface area contributed by atoms with Gasteiger partial charge in [0.05, 0.1) is 5.92 Å². The van der Waals surface area contributed by atoms with E-state index in [0.717, 1.165) is 0 Å². The number of carbonyl (C=O) groups excluding carboxylic acids is 1. The van der Waals surface area contributed by atoms with Gasteiger partial charge in [-0.1, -0.05) is 0 Å². The van der Waals surface area contributed by atoms with Gasteiger partial charge in [0.2, 0.25) is 5.54 Å². The highest BCUT2D eigenvalue weighted by Gasteiger charge is 2.58. The number of ether oxygens (including phenoxy) is 1. The lowest BCUT2D eigenvalue weighted by molar-refractivity contribution is -0.593. The Morgan fingerprint density at radius 1 is 1.56 bits per heavy atom. The predicted octanol–water partition coefficient (Wildman–Crippen LogP) is 0.746. The van der Waals surface area contributed by atoms with Crippen molar-refractivity contribution in [1.29, 1.82) is 0 Å². The number of aliphatic hydroxyl groups is 1. The third-order valence-corrected chi connectivity index (χ3v) is 2.67. The zero-order chi connectivity index (χ0) is 12.6. The highest BCUT2D eigenvalue weighted by molar-refractivity contribution is 5.74. The number of nitrogens with zero attached hydrogens (tertiary/aromatic N) is 1. The van der Waals surface area contributed by atoms with Crippen LogP contribution in [0.4, 0.5) is 0 Å². The molecule has 1 saturated carbocycles. The molecule has 1 N–H and O–H groups in total. The van der Waals surface area contributed by atoms with Crippen LogP contribution in [0.25, 0.3) is 0 Å². The van der Waals surface area contributed by atoms with Crippen molar-refractivity contribution in [2.75, 3.05) is 6.61 Å². The highest BCUT2D eigenvalue weighted by atomic mass is 16.6. The zero-order valence-electron chi connectivity index (χ0n) is 9.73. The van der Waals surface area contributed by atoms with Crippen molar-refractivity contribution in [3.63, 3.8) is 0 Å². The van der Waals surface area contributed by atoms with E-state index in [1.165, 1.54) is 0 Å². The van der Waals surface area contributed by atoms with Crippen LogP contribution in [-0.2, 0) is 9.53 Å². The van der Waals surface area contributed by atoms with E-state index in [-0.39, 0.29) is 12.8 Å². The van der Waals surface area contributed by atoms with Crippen molar-refractivity contribution >= 4 is 5.97 Å². The number of hydrogen-bond acceptors (Lipinski definition) is 5. The molecule has 0 amide bonds. The molecule has 0 spiro atoms. The van der Waals surface area contributed by atoms with Crippen LogP contribution in [0.3, 0.4) is 0 Å². The van der Waals surface area contributed by atoms with Crippen LogP contribution < -0.4 is 0 Å². The molecular formula is C10H17NO5. The third kappa shape index (κ3) is 2.49. The van der Waals surface area contributed by atoms with Gasteiger partial charge in [-0.15, -0.1) is 0 Å². The molecule has 0 unspecified atom stereocenters. The average Bonchev–Trinajstić information content (AvgIpc) is 1.98. The minimum absolute atomic E-state index is 0.0609. The van der Waals surface area contributed by atoms with E-state index in [2.05, 4.69) is 0 Å². The fourth-order valence-corrected chi connectivity index (χ4v) is 1.75. The molecule has 0 aromatic carbocycles. The van der Waals surface area contributed by atoms with Crippen LogP contribution in [0.15, 0.2) is 0 Å². The first-order valence-corrected chi connectivity index (χ1v) is 5.18. The molecule has 1 rings (SSSR count). The van der Waals surface area contributed by atoms with Gasteiger partial charge >= 0.3 is 5.97 Å². The summed E-state index contributed by atoms with van der Waals surface area (Å²) in [6, 6.07) is 0. The summed E-state index contributed by atoms with van der Waals surface area (Å²) in [5, 5.41) is 19.6. The second kappa shape index (κ2) is 4.01. The Morgan fingerprint density at radius 3 is 2.38 bits per heavy atom. The molecule has 6 heteroatoms. The van der Waals surface area contributed by atoms with Crippen molar-refractivity contribution in [3.8, 4) is 0 Å². The van der Waals surface area contributed by atoms with E-state index in [0.29, 0.717) is 0 Å². The van der Waals surface area contributed by atoms with Crippen LogP contribution in [0, 0.1) is 16.0 Å². The van der Waals surface area contributed by atoms with E-state index in [9.17, 15) is 14.9 Å². The van der Waals surface area contributed by atoms with Crippen molar-refractivity contribution in [2.45, 2.75) is 44.8 Å². The van der Waals surface area contributed by atoms with Crippen LogP contribution in [0.1, 0.15) is 33.6 Å². The number of nitro groups is 1. The Bertz CT molecular complexity index is 301. The molecule has 1 aliphatic rings.